The van der Waals surface area contributed by atoms with Crippen LogP contribution in [0.3, 0.4) is 0 Å². The molecule has 0 aliphatic carbocycles. The maximum atomic E-state index is 12.1. The van der Waals surface area contributed by atoms with Crippen LogP contribution >= 0.6 is 0 Å². The van der Waals surface area contributed by atoms with E-state index in [1.807, 2.05) is 20.8 Å². The van der Waals surface area contributed by atoms with E-state index in [9.17, 15) is 14.7 Å². The summed E-state index contributed by atoms with van der Waals surface area (Å²) in [6, 6.07) is 3.58. The number of hydrogen-bond acceptors (Lipinski definition) is 3. The molecule has 0 saturated carbocycles. The molecule has 1 aromatic carbocycles. The smallest absolute Gasteiger partial charge is 0.339 e. The number of carboxylic acids is 1. The fourth-order valence-electron chi connectivity index (χ4n) is 1.50. The molecule has 6 heteroatoms. The number of phenols is 1. The van der Waals surface area contributed by atoms with Crippen LogP contribution in [-0.4, -0.2) is 39.7 Å². The van der Waals surface area contributed by atoms with Gasteiger partial charge in [0.25, 0.3) is 0 Å². The van der Waals surface area contributed by atoms with Crippen LogP contribution in [0.1, 0.15) is 37.6 Å². The van der Waals surface area contributed by atoms with Gasteiger partial charge in [0.2, 0.25) is 0 Å². The van der Waals surface area contributed by atoms with E-state index in [2.05, 4.69) is 5.32 Å². The molecule has 1 rings (SSSR count). The highest BCUT2D eigenvalue weighted by Crippen LogP contribution is 2.23. The minimum atomic E-state index is -1.25. The van der Waals surface area contributed by atoms with E-state index in [1.165, 1.54) is 18.2 Å². The van der Waals surface area contributed by atoms with Crippen LogP contribution in [-0.2, 0) is 0 Å². The molecule has 20 heavy (non-hydrogen) atoms. The minimum absolute atomic E-state index is 0.250. The van der Waals surface area contributed by atoms with Gasteiger partial charge in [-0.25, -0.2) is 9.59 Å². The van der Waals surface area contributed by atoms with Crippen molar-refractivity contribution in [2.24, 2.45) is 0 Å². The summed E-state index contributed by atoms with van der Waals surface area (Å²) in [5.74, 6) is -1.58. The Hall–Kier alpha value is -2.24. The zero-order valence-electron chi connectivity index (χ0n) is 12.1. The lowest BCUT2D eigenvalue weighted by molar-refractivity contribution is 0.0693. The quantitative estimate of drug-likeness (QED) is 0.740. The number of carbonyl (C=O) groups excluding carboxylic acids is 1. The maximum Gasteiger partial charge on any atom is 0.339 e. The summed E-state index contributed by atoms with van der Waals surface area (Å²) in [4.78, 5) is 24.6. The Morgan fingerprint density at radius 1 is 1.35 bits per heavy atom. The summed E-state index contributed by atoms with van der Waals surface area (Å²) in [5, 5.41) is 20.9. The highest BCUT2D eigenvalue weighted by molar-refractivity contribution is 5.95. The number of carboxylic acid groups (broad SMARTS) is 1. The van der Waals surface area contributed by atoms with E-state index in [-0.39, 0.29) is 22.9 Å². The van der Waals surface area contributed by atoms with Crippen LogP contribution in [0, 0.1) is 0 Å². The van der Waals surface area contributed by atoms with Crippen LogP contribution in [0.4, 0.5) is 10.5 Å². The monoisotopic (exact) mass is 280 g/mol. The zero-order chi connectivity index (χ0) is 15.5. The average Bonchev–Trinajstić information content (AvgIpc) is 2.39. The number of carbonyl (C=O) groups is 2. The summed E-state index contributed by atoms with van der Waals surface area (Å²) in [6.45, 7) is 5.85. The van der Waals surface area contributed by atoms with Crippen molar-refractivity contribution in [1.82, 2.24) is 4.90 Å². The predicted octanol–water partition coefficient (Wildman–Crippen LogP) is 2.74. The van der Waals surface area contributed by atoms with E-state index in [0.29, 0.717) is 5.69 Å². The molecule has 0 unspecified atom stereocenters. The van der Waals surface area contributed by atoms with Gasteiger partial charge in [0.05, 0.1) is 0 Å². The van der Waals surface area contributed by atoms with Gasteiger partial charge in [-0.05, 0) is 38.5 Å². The van der Waals surface area contributed by atoms with Crippen LogP contribution in [0.25, 0.3) is 0 Å². The Bertz CT molecular complexity index is 526. The van der Waals surface area contributed by atoms with Gasteiger partial charge in [0.15, 0.2) is 0 Å². The van der Waals surface area contributed by atoms with Crippen molar-refractivity contribution in [3.63, 3.8) is 0 Å². The van der Waals surface area contributed by atoms with Crippen molar-refractivity contribution < 1.29 is 19.8 Å². The number of amides is 2. The molecule has 0 atom stereocenters. The lowest BCUT2D eigenvalue weighted by Gasteiger charge is -2.34. The molecule has 0 radical (unpaired) electrons. The van der Waals surface area contributed by atoms with E-state index in [0.717, 1.165) is 6.42 Å². The van der Waals surface area contributed by atoms with Gasteiger partial charge in [-0.3, -0.25) is 0 Å². The highest BCUT2D eigenvalue weighted by Gasteiger charge is 2.25. The lowest BCUT2D eigenvalue weighted by atomic mass is 10.0. The summed E-state index contributed by atoms with van der Waals surface area (Å²) >= 11 is 0. The van der Waals surface area contributed by atoms with Crippen LogP contribution in [0.2, 0.25) is 0 Å². The molecule has 6 nitrogen and oxygen atoms in total. The Labute approximate surface area is 118 Å². The Balaban J connectivity index is 2.92. The molecule has 0 bridgehead atoms. The highest BCUT2D eigenvalue weighted by atomic mass is 16.4. The molecule has 0 aliphatic heterocycles. The van der Waals surface area contributed by atoms with Crippen molar-refractivity contribution in [3.05, 3.63) is 23.8 Å². The molecule has 3 N–H and O–H groups in total. The van der Waals surface area contributed by atoms with Gasteiger partial charge in [-0.1, -0.05) is 6.92 Å². The normalized spacial score (nSPS) is 11.0. The molecule has 0 fully saturated rings. The van der Waals surface area contributed by atoms with Crippen LogP contribution in [0.5, 0.6) is 5.75 Å². The van der Waals surface area contributed by atoms with Gasteiger partial charge in [-0.2, -0.15) is 0 Å². The van der Waals surface area contributed by atoms with Gasteiger partial charge >= 0.3 is 12.0 Å². The number of nitrogens with zero attached hydrogens (tertiary/aromatic N) is 1. The number of anilines is 1. The fraction of sp³-hybridized carbons (Fsp3) is 0.429. The molecule has 0 saturated heterocycles. The average molecular weight is 280 g/mol. The summed E-state index contributed by atoms with van der Waals surface area (Å²) < 4.78 is 0. The van der Waals surface area contributed by atoms with E-state index in [4.69, 9.17) is 5.11 Å². The number of aromatic carboxylic acids is 1. The molecular formula is C14H20N2O4. The lowest BCUT2D eigenvalue weighted by Crippen LogP contribution is -2.46. The third-order valence-electron chi connectivity index (χ3n) is 3.56. The Morgan fingerprint density at radius 2 is 1.95 bits per heavy atom. The van der Waals surface area contributed by atoms with Gasteiger partial charge in [0, 0.05) is 18.3 Å². The summed E-state index contributed by atoms with van der Waals surface area (Å²) in [6.07, 6.45) is 0.785. The second-order valence-corrected chi connectivity index (χ2v) is 5.19. The molecule has 0 aliphatic rings. The van der Waals surface area contributed by atoms with Crippen molar-refractivity contribution in [2.45, 2.75) is 32.7 Å². The molecule has 110 valence electrons. The first-order chi connectivity index (χ1) is 9.19. The SMILES string of the molecule is CCC(C)(C)N(C)C(=O)Nc1ccc(O)c(C(=O)O)c1. The molecule has 0 aromatic heterocycles. The number of urea groups is 1. The number of benzene rings is 1. The summed E-state index contributed by atoms with van der Waals surface area (Å²) in [7, 11) is 1.68. The van der Waals surface area contributed by atoms with E-state index in [1.54, 1.807) is 11.9 Å². The third kappa shape index (κ3) is 3.40. The third-order valence-corrected chi connectivity index (χ3v) is 3.56. The predicted molar refractivity (Wildman–Crippen MR) is 76.2 cm³/mol. The van der Waals surface area contributed by atoms with Crippen LogP contribution in [0.15, 0.2) is 18.2 Å². The Morgan fingerprint density at radius 3 is 2.45 bits per heavy atom. The first kappa shape index (κ1) is 15.8. The zero-order valence-corrected chi connectivity index (χ0v) is 12.1. The van der Waals surface area contributed by atoms with Gasteiger partial charge < -0.3 is 20.4 Å². The van der Waals surface area contributed by atoms with Gasteiger partial charge in [0.1, 0.15) is 11.3 Å². The molecule has 0 spiro atoms. The minimum Gasteiger partial charge on any atom is -0.507 e. The maximum absolute atomic E-state index is 12.1. The first-order valence-electron chi connectivity index (χ1n) is 6.30. The number of aromatic hydroxyl groups is 1. The topological polar surface area (TPSA) is 89.9 Å². The van der Waals surface area contributed by atoms with E-state index >= 15 is 0 Å². The second-order valence-electron chi connectivity index (χ2n) is 5.19. The number of nitrogens with one attached hydrogen (secondary N) is 1. The van der Waals surface area contributed by atoms with Crippen molar-refractivity contribution in [1.29, 1.82) is 0 Å². The van der Waals surface area contributed by atoms with E-state index < -0.39 is 5.97 Å². The Kier molecular flexibility index (Phi) is 4.60. The first-order valence-corrected chi connectivity index (χ1v) is 6.30. The molecule has 2 amide bonds. The van der Waals surface area contributed by atoms with Crippen molar-refractivity contribution in [3.8, 4) is 5.75 Å². The van der Waals surface area contributed by atoms with Crippen LogP contribution < -0.4 is 5.32 Å². The number of hydrogen-bond donors (Lipinski definition) is 3. The number of rotatable bonds is 4. The standard InChI is InChI=1S/C14H20N2O4/c1-5-14(2,3)16(4)13(20)15-9-6-7-11(17)10(8-9)12(18)19/h6-8,17H,5H2,1-4H3,(H,15,20)(H,18,19). The largest absolute Gasteiger partial charge is 0.507 e. The van der Waals surface area contributed by atoms with Crippen molar-refractivity contribution in [2.75, 3.05) is 12.4 Å². The van der Waals surface area contributed by atoms with Crippen molar-refractivity contribution >= 4 is 17.7 Å². The fourth-order valence-corrected chi connectivity index (χ4v) is 1.50. The molecular weight excluding hydrogens is 260 g/mol. The summed E-state index contributed by atoms with van der Waals surface area (Å²) in [5.41, 5.74) is -0.236. The molecule has 1 aromatic rings. The molecule has 0 heterocycles. The second kappa shape index (κ2) is 5.81. The van der Waals surface area contributed by atoms with Gasteiger partial charge in [-0.15, -0.1) is 0 Å².